The Kier molecular flexibility index (Phi) is 3.86. The smallest absolute Gasteiger partial charge is 0.0183 e. The Morgan fingerprint density at radius 2 is 1.86 bits per heavy atom. The molecular weight excluding hydrogens is 285 g/mol. The number of halogens is 1. The monoisotopic (exact) mass is 299 g/mol. The van der Waals surface area contributed by atoms with Crippen LogP contribution in [-0.2, 0) is 0 Å². The molecule has 1 rings (SSSR count). The second-order valence-electron chi connectivity index (χ2n) is 3.39. The first-order chi connectivity index (χ1) is 6.56. The van der Waals surface area contributed by atoms with E-state index in [2.05, 4.69) is 55.5 Å². The van der Waals surface area contributed by atoms with Gasteiger partial charge in [0.2, 0.25) is 0 Å². The second kappa shape index (κ2) is 4.73. The van der Waals surface area contributed by atoms with Crippen LogP contribution in [0.25, 0.3) is 9.66 Å². The van der Waals surface area contributed by atoms with Crippen LogP contribution in [0.3, 0.4) is 0 Å². The molecule has 1 aromatic rings. The molecule has 0 amide bonds. The molecule has 0 atom stereocenters. The van der Waals surface area contributed by atoms with E-state index in [1.165, 1.54) is 26.1 Å². The highest BCUT2D eigenvalue weighted by Crippen LogP contribution is 2.03. The van der Waals surface area contributed by atoms with E-state index in [4.69, 9.17) is 5.41 Å². The maximum atomic E-state index is 7.11. The summed E-state index contributed by atoms with van der Waals surface area (Å²) in [5.41, 5.74) is 2.58. The van der Waals surface area contributed by atoms with Gasteiger partial charge in [0.15, 0.2) is 0 Å². The summed E-state index contributed by atoms with van der Waals surface area (Å²) in [6, 6.07) is 4.32. The van der Waals surface area contributed by atoms with Crippen molar-refractivity contribution in [2.75, 3.05) is 0 Å². The molecule has 0 heterocycles. The Morgan fingerprint density at radius 3 is 2.36 bits per heavy atom. The number of nitrogens with one attached hydrogen (secondary N) is 1. The van der Waals surface area contributed by atoms with Crippen LogP contribution in [0.15, 0.2) is 12.1 Å². The van der Waals surface area contributed by atoms with Gasteiger partial charge in [-0.3, -0.25) is 0 Å². The Labute approximate surface area is 98.2 Å². The van der Waals surface area contributed by atoms with Gasteiger partial charge in [0.05, 0.1) is 0 Å². The van der Waals surface area contributed by atoms with Crippen molar-refractivity contribution in [1.82, 2.24) is 0 Å². The van der Waals surface area contributed by atoms with Crippen molar-refractivity contribution < 1.29 is 0 Å². The Hall–Kier alpha value is -0.640. The van der Waals surface area contributed by atoms with E-state index in [1.807, 2.05) is 6.08 Å². The zero-order chi connectivity index (χ0) is 10.7. The summed E-state index contributed by atoms with van der Waals surface area (Å²) in [5.74, 6) is 0. The molecule has 1 aromatic carbocycles. The quantitative estimate of drug-likeness (QED) is 0.608. The van der Waals surface area contributed by atoms with E-state index in [1.54, 1.807) is 0 Å². The largest absolute Gasteiger partial charge is 0.309 e. The Balaban J connectivity index is 3.75. The lowest BCUT2D eigenvalue weighted by molar-refractivity contribution is 1.30. The van der Waals surface area contributed by atoms with Crippen LogP contribution < -0.4 is 10.4 Å². The van der Waals surface area contributed by atoms with Gasteiger partial charge >= 0.3 is 0 Å². The van der Waals surface area contributed by atoms with Crippen LogP contribution in [0.4, 0.5) is 0 Å². The van der Waals surface area contributed by atoms with E-state index in [9.17, 15) is 0 Å². The topological polar surface area (TPSA) is 23.9 Å². The van der Waals surface area contributed by atoms with Crippen LogP contribution in [0.5, 0.6) is 0 Å². The molecule has 74 valence electrons. The first kappa shape index (κ1) is 11.4. The lowest BCUT2D eigenvalue weighted by atomic mass is 10.1. The number of rotatable bonds is 1. The average Bonchev–Trinajstić information content (AvgIpc) is 2.11. The first-order valence-corrected chi connectivity index (χ1v) is 5.58. The summed E-state index contributed by atoms with van der Waals surface area (Å²) in [5, 5.41) is 9.48. The minimum Gasteiger partial charge on any atom is -0.309 e. The summed E-state index contributed by atoms with van der Waals surface area (Å²) >= 11 is 2.32. The fourth-order valence-corrected chi connectivity index (χ4v) is 1.83. The molecule has 0 bridgehead atoms. The maximum absolute atomic E-state index is 7.11. The normalized spacial score (nSPS) is 14.1. The second-order valence-corrected chi connectivity index (χ2v) is 5.01. The van der Waals surface area contributed by atoms with Crippen LogP contribution in [-0.4, -0.2) is 6.21 Å². The summed E-state index contributed by atoms with van der Waals surface area (Å²) < 4.78 is 1.26. The summed E-state index contributed by atoms with van der Waals surface area (Å²) in [6.45, 7) is 6.31. The van der Waals surface area contributed by atoms with Gasteiger partial charge in [-0.15, -0.1) is 0 Å². The SMILES string of the molecule is C/C(I)=c1/cc(C)c(C)c/c1=C/C=N. The van der Waals surface area contributed by atoms with Gasteiger partial charge in [0.25, 0.3) is 0 Å². The molecule has 0 unspecified atom stereocenters. The minimum absolute atomic E-state index is 1.13. The molecule has 2 heteroatoms. The molecule has 1 nitrogen and oxygen atoms in total. The highest BCUT2D eigenvalue weighted by molar-refractivity contribution is 14.1. The molecule has 0 aromatic heterocycles. The highest BCUT2D eigenvalue weighted by atomic mass is 127. The zero-order valence-electron chi connectivity index (χ0n) is 8.69. The minimum atomic E-state index is 1.13. The Morgan fingerprint density at radius 1 is 1.29 bits per heavy atom. The van der Waals surface area contributed by atoms with Crippen LogP contribution in [0, 0.1) is 19.3 Å². The zero-order valence-corrected chi connectivity index (χ0v) is 10.8. The number of benzene rings is 1. The van der Waals surface area contributed by atoms with Crippen molar-refractivity contribution in [3.63, 3.8) is 0 Å². The van der Waals surface area contributed by atoms with Crippen molar-refractivity contribution in [2.45, 2.75) is 20.8 Å². The van der Waals surface area contributed by atoms with E-state index in [0.717, 1.165) is 5.22 Å². The number of hydrogen-bond acceptors (Lipinski definition) is 1. The summed E-state index contributed by atoms with van der Waals surface area (Å²) in [6.07, 6.45) is 3.18. The lowest BCUT2D eigenvalue weighted by Crippen LogP contribution is -2.26. The first-order valence-electron chi connectivity index (χ1n) is 4.50. The van der Waals surface area contributed by atoms with Gasteiger partial charge in [-0.2, -0.15) is 0 Å². The predicted octanol–water partition coefficient (Wildman–Crippen LogP) is 2.30. The molecular formula is C12H14IN. The van der Waals surface area contributed by atoms with E-state index in [-0.39, 0.29) is 0 Å². The molecule has 0 aliphatic rings. The van der Waals surface area contributed by atoms with Gasteiger partial charge in [-0.05, 0) is 74.6 Å². The molecule has 1 N–H and O–H groups in total. The third kappa shape index (κ3) is 2.44. The third-order valence-corrected chi connectivity index (χ3v) is 2.88. The number of hydrogen-bond donors (Lipinski definition) is 1. The molecule has 0 aliphatic carbocycles. The molecule has 0 aliphatic heterocycles. The average molecular weight is 299 g/mol. The Bertz CT molecular complexity index is 468. The fourth-order valence-electron chi connectivity index (χ4n) is 1.36. The van der Waals surface area contributed by atoms with Gasteiger partial charge in [-0.25, -0.2) is 0 Å². The van der Waals surface area contributed by atoms with Crippen molar-refractivity contribution in [1.29, 1.82) is 5.41 Å². The third-order valence-electron chi connectivity index (χ3n) is 2.30. The molecule has 0 spiro atoms. The van der Waals surface area contributed by atoms with Crippen molar-refractivity contribution in [3.8, 4) is 0 Å². The molecule has 0 saturated heterocycles. The summed E-state index contributed by atoms with van der Waals surface area (Å²) in [4.78, 5) is 0. The van der Waals surface area contributed by atoms with Crippen molar-refractivity contribution in [3.05, 3.63) is 33.7 Å². The molecule has 0 saturated carbocycles. The highest BCUT2D eigenvalue weighted by Gasteiger charge is 1.95. The molecule has 0 fully saturated rings. The van der Waals surface area contributed by atoms with E-state index >= 15 is 0 Å². The van der Waals surface area contributed by atoms with Crippen LogP contribution in [0.2, 0.25) is 0 Å². The van der Waals surface area contributed by atoms with Crippen LogP contribution in [0.1, 0.15) is 18.1 Å². The van der Waals surface area contributed by atoms with Gasteiger partial charge in [-0.1, -0.05) is 12.1 Å². The van der Waals surface area contributed by atoms with Crippen molar-refractivity contribution >= 4 is 38.5 Å². The van der Waals surface area contributed by atoms with Gasteiger partial charge in [0.1, 0.15) is 0 Å². The molecule has 0 radical (unpaired) electrons. The fraction of sp³-hybridized carbons (Fsp3) is 0.250. The number of aryl methyl sites for hydroxylation is 2. The van der Waals surface area contributed by atoms with E-state index < -0.39 is 0 Å². The standard InChI is InChI=1S/C12H14IN/c1-8-6-11(4-5-14)12(10(3)13)7-9(8)2/h4-7,14H,1-3H3/b11-4-,12-10+,14-5?. The van der Waals surface area contributed by atoms with E-state index in [0.29, 0.717) is 0 Å². The maximum Gasteiger partial charge on any atom is 0.0183 e. The summed E-state index contributed by atoms with van der Waals surface area (Å²) in [7, 11) is 0. The molecule has 14 heavy (non-hydrogen) atoms. The van der Waals surface area contributed by atoms with Gasteiger partial charge in [0, 0.05) is 6.21 Å². The van der Waals surface area contributed by atoms with Gasteiger partial charge < -0.3 is 5.41 Å². The lowest BCUT2D eigenvalue weighted by Gasteiger charge is -2.00. The predicted molar refractivity (Wildman–Crippen MR) is 71.5 cm³/mol. The van der Waals surface area contributed by atoms with Crippen LogP contribution >= 0.6 is 22.6 Å². The van der Waals surface area contributed by atoms with Crippen molar-refractivity contribution in [2.24, 2.45) is 0 Å².